The Morgan fingerprint density at radius 3 is 2.44 bits per heavy atom. The molecule has 0 bridgehead atoms. The van der Waals surface area contributed by atoms with Gasteiger partial charge in [-0.25, -0.2) is 9.59 Å². The zero-order valence-corrected chi connectivity index (χ0v) is 20.2. The van der Waals surface area contributed by atoms with Gasteiger partial charge in [0.25, 0.3) is 5.91 Å². The SMILES string of the molecule is COC(=O)c1cncc2ccc(-c3cccc4c3CN(C3CCC(=O)NC3=O)C4=O)cc12.O=C(O)C(F)(F)F. The van der Waals surface area contributed by atoms with Gasteiger partial charge in [0.2, 0.25) is 11.8 Å². The standard InChI is InChI=1S/C24H19N3O5.C2HF3O2/c1-32-24(31)18-11-25-10-14-6-5-13(9-17(14)18)15-3-2-4-16-19(15)12-27(23(16)30)20-7-8-21(28)26-22(20)29;3-2(4,5)1(6)7/h2-6,9-11,20H,7-8,12H2,1H3,(H,26,28,29);(H,6,7). The number of fused-ring (bicyclic) bond motifs is 2. The van der Waals surface area contributed by atoms with Crippen molar-refractivity contribution in [3.05, 3.63) is 65.5 Å². The number of pyridine rings is 1. The highest BCUT2D eigenvalue weighted by Crippen LogP contribution is 2.36. The first kappa shape index (κ1) is 27.2. The second-order valence-corrected chi connectivity index (χ2v) is 8.65. The van der Waals surface area contributed by atoms with Gasteiger partial charge < -0.3 is 14.7 Å². The van der Waals surface area contributed by atoms with E-state index in [0.29, 0.717) is 22.9 Å². The first-order valence-electron chi connectivity index (χ1n) is 11.5. The highest BCUT2D eigenvalue weighted by atomic mass is 19.4. The molecule has 0 spiro atoms. The molecule has 0 aliphatic carbocycles. The Labute approximate surface area is 218 Å². The number of carbonyl (C=O) groups is 5. The number of benzene rings is 2. The Kier molecular flexibility index (Phi) is 7.34. The Balaban J connectivity index is 0.000000448. The predicted molar refractivity (Wildman–Crippen MR) is 128 cm³/mol. The van der Waals surface area contributed by atoms with Crippen LogP contribution in [0.5, 0.6) is 0 Å². The van der Waals surface area contributed by atoms with E-state index in [0.717, 1.165) is 22.1 Å². The molecule has 1 saturated heterocycles. The number of esters is 1. The zero-order valence-electron chi connectivity index (χ0n) is 20.2. The molecule has 1 unspecified atom stereocenters. The maximum atomic E-state index is 13.1. The van der Waals surface area contributed by atoms with Crippen LogP contribution in [-0.2, 0) is 25.7 Å². The fraction of sp³-hybridized carbons (Fsp3) is 0.231. The van der Waals surface area contributed by atoms with E-state index in [4.69, 9.17) is 14.6 Å². The van der Waals surface area contributed by atoms with Crippen molar-refractivity contribution in [2.24, 2.45) is 0 Å². The Morgan fingerprint density at radius 1 is 1.10 bits per heavy atom. The Morgan fingerprint density at radius 2 is 1.79 bits per heavy atom. The summed E-state index contributed by atoms with van der Waals surface area (Å²) in [4.78, 5) is 63.7. The molecule has 2 aliphatic rings. The molecule has 2 aliphatic heterocycles. The summed E-state index contributed by atoms with van der Waals surface area (Å²) in [5.74, 6) is -4.21. The molecule has 1 fully saturated rings. The van der Waals surface area contributed by atoms with Crippen LogP contribution < -0.4 is 5.32 Å². The molecule has 39 heavy (non-hydrogen) atoms. The van der Waals surface area contributed by atoms with Gasteiger partial charge in [0.15, 0.2) is 0 Å². The molecule has 2 N–H and O–H groups in total. The van der Waals surface area contributed by atoms with Crippen LogP contribution in [0.4, 0.5) is 13.2 Å². The Hall–Kier alpha value is -4.81. The third-order valence-electron chi connectivity index (χ3n) is 6.30. The summed E-state index contributed by atoms with van der Waals surface area (Å²) >= 11 is 0. The number of hydrogen-bond donors (Lipinski definition) is 2. The van der Waals surface area contributed by atoms with Crippen LogP contribution in [0.25, 0.3) is 21.9 Å². The van der Waals surface area contributed by atoms with E-state index in [1.54, 1.807) is 18.3 Å². The van der Waals surface area contributed by atoms with Crippen molar-refractivity contribution >= 4 is 40.4 Å². The maximum Gasteiger partial charge on any atom is 0.490 e. The number of imide groups is 1. The number of rotatable bonds is 3. The first-order valence-corrected chi connectivity index (χ1v) is 11.5. The molecule has 3 aromatic rings. The third kappa shape index (κ3) is 5.42. The van der Waals surface area contributed by atoms with Crippen LogP contribution in [0, 0.1) is 0 Å². The second-order valence-electron chi connectivity index (χ2n) is 8.65. The Bertz CT molecular complexity index is 1520. The van der Waals surface area contributed by atoms with Crippen LogP contribution in [0.15, 0.2) is 48.8 Å². The fourth-order valence-electron chi connectivity index (χ4n) is 4.46. The van der Waals surface area contributed by atoms with Gasteiger partial charge in [0.1, 0.15) is 6.04 Å². The van der Waals surface area contributed by atoms with Gasteiger partial charge in [0.05, 0.1) is 12.7 Å². The summed E-state index contributed by atoms with van der Waals surface area (Å²) < 4.78 is 36.6. The van der Waals surface area contributed by atoms with Gasteiger partial charge in [-0.05, 0) is 40.6 Å². The molecule has 0 saturated carbocycles. The number of nitrogens with one attached hydrogen (secondary N) is 1. The average molecular weight is 543 g/mol. The summed E-state index contributed by atoms with van der Waals surface area (Å²) in [6, 6.07) is 10.5. The molecule has 10 nitrogen and oxygen atoms in total. The lowest BCUT2D eigenvalue weighted by molar-refractivity contribution is -0.192. The number of ether oxygens (including phenoxy) is 1. The van der Waals surface area contributed by atoms with Crippen LogP contribution in [0.2, 0.25) is 0 Å². The number of alkyl halides is 3. The van der Waals surface area contributed by atoms with E-state index >= 15 is 0 Å². The molecule has 1 atom stereocenters. The van der Waals surface area contributed by atoms with Crippen LogP contribution in [-0.4, -0.2) is 64.0 Å². The third-order valence-corrected chi connectivity index (χ3v) is 6.30. The van der Waals surface area contributed by atoms with Gasteiger partial charge in [-0.1, -0.05) is 24.3 Å². The summed E-state index contributed by atoms with van der Waals surface area (Å²) in [5, 5.41) is 10.9. The second kappa shape index (κ2) is 10.5. The van der Waals surface area contributed by atoms with Gasteiger partial charge in [-0.15, -0.1) is 0 Å². The molecule has 2 aromatic carbocycles. The minimum absolute atomic E-state index is 0.207. The van der Waals surface area contributed by atoms with Crippen molar-refractivity contribution < 1.29 is 47.0 Å². The highest BCUT2D eigenvalue weighted by Gasteiger charge is 2.40. The molecular weight excluding hydrogens is 523 g/mol. The number of hydrogen-bond acceptors (Lipinski definition) is 7. The molecular formula is C26H20F3N3O7. The number of aliphatic carboxylic acids is 1. The van der Waals surface area contributed by atoms with Gasteiger partial charge >= 0.3 is 18.1 Å². The van der Waals surface area contributed by atoms with Crippen LogP contribution >= 0.6 is 0 Å². The van der Waals surface area contributed by atoms with Crippen molar-refractivity contribution in [1.29, 1.82) is 0 Å². The summed E-state index contributed by atoms with van der Waals surface area (Å²) in [7, 11) is 1.32. The maximum absolute atomic E-state index is 13.1. The predicted octanol–water partition coefficient (Wildman–Crippen LogP) is 3.08. The molecule has 202 valence electrons. The number of carboxylic acids is 1. The van der Waals surface area contributed by atoms with E-state index in [9.17, 15) is 32.3 Å². The number of carbonyl (C=O) groups excluding carboxylic acids is 4. The highest BCUT2D eigenvalue weighted by molar-refractivity contribution is 6.07. The van der Waals surface area contributed by atoms with E-state index in [1.165, 1.54) is 18.2 Å². The fourth-order valence-corrected chi connectivity index (χ4v) is 4.46. The van der Waals surface area contributed by atoms with Crippen molar-refractivity contribution in [3.63, 3.8) is 0 Å². The summed E-state index contributed by atoms with van der Waals surface area (Å²) in [5.41, 5.74) is 3.40. The number of nitrogens with zero attached hydrogens (tertiary/aromatic N) is 2. The molecule has 5 rings (SSSR count). The number of carboxylic acid groups (broad SMARTS) is 1. The van der Waals surface area contributed by atoms with Crippen LogP contribution in [0.3, 0.4) is 0 Å². The minimum atomic E-state index is -5.08. The number of methoxy groups -OCH3 is 1. The normalized spacial score (nSPS) is 16.8. The lowest BCUT2D eigenvalue weighted by Crippen LogP contribution is -2.52. The van der Waals surface area contributed by atoms with Gasteiger partial charge in [-0.2, -0.15) is 13.2 Å². The lowest BCUT2D eigenvalue weighted by atomic mass is 9.94. The van der Waals surface area contributed by atoms with Gasteiger partial charge in [0, 0.05) is 36.3 Å². The van der Waals surface area contributed by atoms with Crippen LogP contribution in [0.1, 0.15) is 39.1 Å². The van der Waals surface area contributed by atoms with E-state index in [1.807, 2.05) is 24.3 Å². The number of aromatic nitrogens is 1. The van der Waals surface area contributed by atoms with Gasteiger partial charge in [-0.3, -0.25) is 24.7 Å². The quantitative estimate of drug-likeness (QED) is 0.379. The molecule has 13 heteroatoms. The van der Waals surface area contributed by atoms with Crippen molar-refractivity contribution in [1.82, 2.24) is 15.2 Å². The minimum Gasteiger partial charge on any atom is -0.475 e. The number of piperidine rings is 1. The van der Waals surface area contributed by atoms with E-state index in [2.05, 4.69) is 10.3 Å². The summed E-state index contributed by atoms with van der Waals surface area (Å²) in [6.07, 6.45) is -1.42. The molecule has 3 amide bonds. The monoisotopic (exact) mass is 543 g/mol. The van der Waals surface area contributed by atoms with Crippen molar-refractivity contribution in [2.75, 3.05) is 7.11 Å². The van der Waals surface area contributed by atoms with Crippen molar-refractivity contribution in [3.8, 4) is 11.1 Å². The van der Waals surface area contributed by atoms with E-state index < -0.39 is 30.1 Å². The number of halogens is 3. The molecule has 0 radical (unpaired) electrons. The molecule has 3 heterocycles. The largest absolute Gasteiger partial charge is 0.490 e. The smallest absolute Gasteiger partial charge is 0.475 e. The number of amides is 3. The average Bonchev–Trinajstić information content (AvgIpc) is 3.23. The lowest BCUT2D eigenvalue weighted by Gasteiger charge is -2.29. The summed E-state index contributed by atoms with van der Waals surface area (Å²) in [6.45, 7) is 0.273. The van der Waals surface area contributed by atoms with Crippen molar-refractivity contribution in [2.45, 2.75) is 31.6 Å². The van der Waals surface area contributed by atoms with E-state index in [-0.39, 0.29) is 24.8 Å². The first-order chi connectivity index (χ1) is 18.4. The molecule has 1 aromatic heterocycles. The topological polar surface area (TPSA) is 143 Å². The zero-order chi connectivity index (χ0) is 28.5.